The standard InChI is InChI=1S/C24H27ClN6O/c1-16-6-4-12-24(2,3)20(16)21(30-22(32)17-8-10-18(25)11-9-17)31-23(28-15-26)29-19-7-5-13-27-14-19/h5,7-11,13-14,21H,4,6,12H2,1-3H3,(H,30,32)(H2,28,29,31). The molecule has 1 aromatic carbocycles. The van der Waals surface area contributed by atoms with Crippen molar-refractivity contribution in [3.05, 3.63) is 70.5 Å². The monoisotopic (exact) mass is 450 g/mol. The lowest BCUT2D eigenvalue weighted by Gasteiger charge is -2.38. The molecule has 0 aliphatic heterocycles. The Morgan fingerprint density at radius 1 is 1.28 bits per heavy atom. The molecule has 1 heterocycles. The van der Waals surface area contributed by atoms with E-state index < -0.39 is 6.17 Å². The summed E-state index contributed by atoms with van der Waals surface area (Å²) in [6.07, 6.45) is 7.56. The van der Waals surface area contributed by atoms with E-state index in [1.165, 1.54) is 5.57 Å². The van der Waals surface area contributed by atoms with Gasteiger partial charge in [-0.3, -0.25) is 15.1 Å². The molecule has 1 aromatic heterocycles. The molecule has 0 fully saturated rings. The van der Waals surface area contributed by atoms with Crippen LogP contribution in [0.1, 0.15) is 50.4 Å². The molecule has 1 aliphatic rings. The van der Waals surface area contributed by atoms with Crippen LogP contribution in [0, 0.1) is 16.9 Å². The highest BCUT2D eigenvalue weighted by Gasteiger charge is 2.35. The van der Waals surface area contributed by atoms with Crippen molar-refractivity contribution in [2.75, 3.05) is 5.32 Å². The number of rotatable bonds is 5. The van der Waals surface area contributed by atoms with E-state index in [2.05, 4.69) is 41.7 Å². The molecule has 3 rings (SSSR count). The molecule has 8 heteroatoms. The highest BCUT2D eigenvalue weighted by Crippen LogP contribution is 2.42. The van der Waals surface area contributed by atoms with Gasteiger partial charge in [0.15, 0.2) is 6.19 Å². The maximum atomic E-state index is 13.1. The first-order chi connectivity index (χ1) is 15.3. The second-order valence-corrected chi connectivity index (χ2v) is 8.83. The van der Waals surface area contributed by atoms with Crippen LogP contribution in [-0.4, -0.2) is 23.0 Å². The van der Waals surface area contributed by atoms with Crippen LogP contribution in [0.2, 0.25) is 5.02 Å². The average molecular weight is 451 g/mol. The molecule has 3 N–H and O–H groups in total. The van der Waals surface area contributed by atoms with Crippen LogP contribution >= 0.6 is 11.6 Å². The second-order valence-electron chi connectivity index (χ2n) is 8.40. The minimum absolute atomic E-state index is 0.157. The number of hydrogen-bond donors (Lipinski definition) is 3. The number of amides is 1. The first kappa shape index (κ1) is 23.3. The van der Waals surface area contributed by atoms with Gasteiger partial charge < -0.3 is 10.6 Å². The molecule has 1 unspecified atom stereocenters. The van der Waals surface area contributed by atoms with Crippen molar-refractivity contribution in [2.45, 2.75) is 46.2 Å². The zero-order chi connectivity index (χ0) is 23.1. The molecule has 0 bridgehead atoms. The van der Waals surface area contributed by atoms with Crippen molar-refractivity contribution >= 4 is 29.2 Å². The normalized spacial score (nSPS) is 16.7. The number of nitrogens with zero attached hydrogens (tertiary/aromatic N) is 3. The van der Waals surface area contributed by atoms with Crippen molar-refractivity contribution in [3.8, 4) is 6.19 Å². The first-order valence-electron chi connectivity index (χ1n) is 10.5. The van der Waals surface area contributed by atoms with Gasteiger partial charge in [0.25, 0.3) is 5.91 Å². The van der Waals surface area contributed by atoms with Crippen molar-refractivity contribution in [3.63, 3.8) is 0 Å². The molecular weight excluding hydrogens is 424 g/mol. The van der Waals surface area contributed by atoms with E-state index >= 15 is 0 Å². The van der Waals surface area contributed by atoms with E-state index in [1.807, 2.05) is 12.3 Å². The number of carbonyl (C=O) groups excluding carboxylic acids is 1. The average Bonchev–Trinajstić information content (AvgIpc) is 2.74. The van der Waals surface area contributed by atoms with Gasteiger partial charge in [-0.2, -0.15) is 5.26 Å². The third-order valence-corrected chi connectivity index (χ3v) is 5.80. The number of nitriles is 1. The van der Waals surface area contributed by atoms with Gasteiger partial charge in [-0.15, -0.1) is 0 Å². The van der Waals surface area contributed by atoms with E-state index in [0.29, 0.717) is 16.3 Å². The summed E-state index contributed by atoms with van der Waals surface area (Å²) in [4.78, 5) is 21.9. The summed E-state index contributed by atoms with van der Waals surface area (Å²) < 4.78 is 0. The zero-order valence-corrected chi connectivity index (χ0v) is 19.2. The smallest absolute Gasteiger partial charge is 0.253 e. The minimum Gasteiger partial charge on any atom is -0.327 e. The van der Waals surface area contributed by atoms with Crippen molar-refractivity contribution in [1.29, 1.82) is 5.26 Å². The molecule has 7 nitrogen and oxygen atoms in total. The summed E-state index contributed by atoms with van der Waals surface area (Å²) in [5.74, 6) is -0.0432. The predicted molar refractivity (Wildman–Crippen MR) is 127 cm³/mol. The molecular formula is C24H27ClN6O. The van der Waals surface area contributed by atoms with E-state index in [1.54, 1.807) is 42.7 Å². The van der Waals surface area contributed by atoms with E-state index in [9.17, 15) is 10.1 Å². The lowest BCUT2D eigenvalue weighted by atomic mass is 9.71. The van der Waals surface area contributed by atoms with Crippen LogP contribution in [0.25, 0.3) is 0 Å². The molecule has 1 aliphatic carbocycles. The third kappa shape index (κ3) is 5.86. The fourth-order valence-electron chi connectivity index (χ4n) is 4.08. The number of aromatic nitrogens is 1. The van der Waals surface area contributed by atoms with E-state index in [0.717, 1.165) is 24.8 Å². The van der Waals surface area contributed by atoms with Crippen molar-refractivity contribution in [1.82, 2.24) is 15.6 Å². The number of nitrogens with one attached hydrogen (secondary N) is 3. The summed E-state index contributed by atoms with van der Waals surface area (Å²) in [5, 5.41) is 18.5. The molecule has 0 saturated heterocycles. The summed E-state index contributed by atoms with van der Waals surface area (Å²) in [7, 11) is 0. The Morgan fingerprint density at radius 3 is 2.66 bits per heavy atom. The summed E-state index contributed by atoms with van der Waals surface area (Å²) in [6, 6.07) is 10.3. The summed E-state index contributed by atoms with van der Waals surface area (Å²) >= 11 is 5.97. The topological polar surface area (TPSA) is 102 Å². The van der Waals surface area contributed by atoms with E-state index in [4.69, 9.17) is 16.6 Å². The molecule has 32 heavy (non-hydrogen) atoms. The van der Waals surface area contributed by atoms with Gasteiger partial charge >= 0.3 is 0 Å². The van der Waals surface area contributed by atoms with Crippen LogP contribution in [0.4, 0.5) is 5.69 Å². The molecule has 1 amide bonds. The Balaban J connectivity index is 2.00. The second kappa shape index (κ2) is 10.3. The Bertz CT molecular complexity index is 1050. The quantitative estimate of drug-likeness (QED) is 0.198. The maximum Gasteiger partial charge on any atom is 0.253 e. The molecule has 1 atom stereocenters. The SMILES string of the molecule is CC1=C(C(/N=C(\NC#N)Nc2cccnc2)NC(=O)c2ccc(Cl)cc2)C(C)(C)CCC1. The Kier molecular flexibility index (Phi) is 7.49. The number of aliphatic imine (C=N–C) groups is 1. The fraction of sp³-hybridized carbons (Fsp3) is 0.333. The van der Waals surface area contributed by atoms with Crippen LogP contribution in [0.5, 0.6) is 0 Å². The summed E-state index contributed by atoms with van der Waals surface area (Å²) in [5.41, 5.74) is 3.25. The van der Waals surface area contributed by atoms with Gasteiger partial charge in [-0.25, -0.2) is 4.99 Å². The van der Waals surface area contributed by atoms with Gasteiger partial charge in [0, 0.05) is 16.8 Å². The van der Waals surface area contributed by atoms with Crippen LogP contribution < -0.4 is 16.0 Å². The number of benzene rings is 1. The van der Waals surface area contributed by atoms with Crippen LogP contribution in [0.3, 0.4) is 0 Å². The molecule has 0 saturated carbocycles. The molecule has 0 radical (unpaired) electrons. The molecule has 0 spiro atoms. The van der Waals surface area contributed by atoms with Gasteiger partial charge in [-0.05, 0) is 73.6 Å². The third-order valence-electron chi connectivity index (χ3n) is 5.55. The predicted octanol–water partition coefficient (Wildman–Crippen LogP) is 4.86. The zero-order valence-electron chi connectivity index (χ0n) is 18.4. The number of guanidine groups is 1. The number of carbonyl (C=O) groups is 1. The fourth-order valence-corrected chi connectivity index (χ4v) is 4.20. The van der Waals surface area contributed by atoms with Gasteiger partial charge in [0.1, 0.15) is 6.17 Å². The molecule has 2 aromatic rings. The van der Waals surface area contributed by atoms with Crippen LogP contribution in [0.15, 0.2) is 64.9 Å². The van der Waals surface area contributed by atoms with Gasteiger partial charge in [-0.1, -0.05) is 31.0 Å². The highest BCUT2D eigenvalue weighted by molar-refractivity contribution is 6.30. The van der Waals surface area contributed by atoms with Crippen LogP contribution in [-0.2, 0) is 0 Å². The lowest BCUT2D eigenvalue weighted by Crippen LogP contribution is -2.43. The lowest BCUT2D eigenvalue weighted by molar-refractivity contribution is 0.0939. The Hall–Kier alpha value is -3.37. The number of allylic oxidation sites excluding steroid dienone is 1. The number of hydrogen-bond acceptors (Lipinski definition) is 4. The van der Waals surface area contributed by atoms with E-state index in [-0.39, 0.29) is 17.3 Å². The van der Waals surface area contributed by atoms with Gasteiger partial charge in [0.05, 0.1) is 11.9 Å². The highest BCUT2D eigenvalue weighted by atomic mass is 35.5. The number of anilines is 1. The van der Waals surface area contributed by atoms with Crippen molar-refractivity contribution in [2.24, 2.45) is 10.4 Å². The Labute approximate surface area is 193 Å². The molecule has 166 valence electrons. The number of pyridine rings is 1. The first-order valence-corrected chi connectivity index (χ1v) is 10.8. The van der Waals surface area contributed by atoms with Crippen molar-refractivity contribution < 1.29 is 4.79 Å². The maximum absolute atomic E-state index is 13.1. The van der Waals surface area contributed by atoms with Gasteiger partial charge in [0.2, 0.25) is 5.96 Å². The minimum atomic E-state index is -0.659. The largest absolute Gasteiger partial charge is 0.327 e. The Morgan fingerprint density at radius 2 is 2.03 bits per heavy atom. The number of halogens is 1. The summed E-state index contributed by atoms with van der Waals surface area (Å²) in [6.45, 7) is 6.40.